The van der Waals surface area contributed by atoms with Crippen molar-refractivity contribution in [3.8, 4) is 0 Å². The molecular weight excluding hydrogens is 252 g/mol. The molecule has 0 bridgehead atoms. The van der Waals surface area contributed by atoms with E-state index in [9.17, 15) is 4.79 Å². The highest BCUT2D eigenvalue weighted by Crippen LogP contribution is 2.04. The van der Waals surface area contributed by atoms with Crippen LogP contribution in [0.1, 0.15) is 19.4 Å². The molecule has 0 aliphatic carbocycles. The molecule has 1 rings (SSSR count). The summed E-state index contributed by atoms with van der Waals surface area (Å²) in [6.07, 6.45) is 0. The molecule has 0 radical (unpaired) electrons. The van der Waals surface area contributed by atoms with Crippen molar-refractivity contribution < 1.29 is 9.53 Å². The number of hydrogen-bond donors (Lipinski definition) is 1. The third-order valence-electron chi connectivity index (χ3n) is 3.40. The third-order valence-corrected chi connectivity index (χ3v) is 3.40. The molecule has 0 aliphatic heterocycles. The Hall–Kier alpha value is -1.39. The van der Waals surface area contributed by atoms with Gasteiger partial charge in [0, 0.05) is 19.1 Å². The van der Waals surface area contributed by atoms with Crippen LogP contribution in [0.5, 0.6) is 0 Å². The largest absolute Gasteiger partial charge is 0.461 e. The van der Waals surface area contributed by atoms with Gasteiger partial charge < -0.3 is 15.0 Å². The summed E-state index contributed by atoms with van der Waals surface area (Å²) < 4.78 is 5.31. The number of nitrogens with zero attached hydrogens (tertiary/aromatic N) is 1. The lowest BCUT2D eigenvalue weighted by atomic mass is 10.2. The fourth-order valence-corrected chi connectivity index (χ4v) is 1.65. The van der Waals surface area contributed by atoms with Gasteiger partial charge in [-0.05, 0) is 26.6 Å². The summed E-state index contributed by atoms with van der Waals surface area (Å²) in [5.74, 6) is -0.285. The Morgan fingerprint density at radius 3 is 2.45 bits per heavy atom. The van der Waals surface area contributed by atoms with Gasteiger partial charge in [-0.1, -0.05) is 37.3 Å². The predicted molar refractivity (Wildman–Crippen MR) is 81.4 cm³/mol. The van der Waals surface area contributed by atoms with Gasteiger partial charge in [0.2, 0.25) is 0 Å². The van der Waals surface area contributed by atoms with E-state index in [0.29, 0.717) is 19.2 Å². The van der Waals surface area contributed by atoms with Crippen molar-refractivity contribution in [2.45, 2.75) is 26.5 Å². The van der Waals surface area contributed by atoms with Gasteiger partial charge in [-0.3, -0.25) is 4.79 Å². The minimum atomic E-state index is -0.154. The number of nitrogens with one attached hydrogen (secondary N) is 1. The number of ether oxygens (including phenoxy) is 1. The van der Waals surface area contributed by atoms with Crippen molar-refractivity contribution in [1.82, 2.24) is 10.2 Å². The Morgan fingerprint density at radius 1 is 1.20 bits per heavy atom. The lowest BCUT2D eigenvalue weighted by molar-refractivity contribution is -0.149. The highest BCUT2D eigenvalue weighted by molar-refractivity contribution is 5.72. The molecule has 0 amide bonds. The molecule has 1 aromatic rings. The second-order valence-corrected chi connectivity index (χ2v) is 5.47. The number of benzene rings is 1. The van der Waals surface area contributed by atoms with Crippen LogP contribution in [0.3, 0.4) is 0 Å². The van der Waals surface area contributed by atoms with Gasteiger partial charge >= 0.3 is 5.97 Å². The van der Waals surface area contributed by atoms with E-state index in [4.69, 9.17) is 4.74 Å². The smallest absolute Gasteiger partial charge is 0.310 e. The summed E-state index contributed by atoms with van der Waals surface area (Å²) in [6.45, 7) is 5.89. The predicted octanol–water partition coefficient (Wildman–Crippen LogP) is 1.91. The van der Waals surface area contributed by atoms with Crippen LogP contribution in [0.2, 0.25) is 0 Å². The van der Waals surface area contributed by atoms with Crippen molar-refractivity contribution in [1.29, 1.82) is 0 Å². The van der Waals surface area contributed by atoms with E-state index in [2.05, 4.69) is 17.1 Å². The molecule has 0 aliphatic rings. The van der Waals surface area contributed by atoms with Gasteiger partial charge in [-0.2, -0.15) is 0 Å². The minimum absolute atomic E-state index is 0.131. The molecule has 0 saturated carbocycles. The standard InChI is InChI=1S/C16H26N2O2/c1-13(10-17-11-14(2)18(3)4)16(19)20-12-15-8-6-5-7-9-15/h5-9,13-14,17H,10-12H2,1-4H3. The second kappa shape index (κ2) is 8.72. The molecule has 1 aromatic carbocycles. The van der Waals surface area contributed by atoms with Crippen molar-refractivity contribution in [3.63, 3.8) is 0 Å². The van der Waals surface area contributed by atoms with Crippen molar-refractivity contribution in [2.24, 2.45) is 5.92 Å². The molecule has 0 spiro atoms. The zero-order valence-corrected chi connectivity index (χ0v) is 12.9. The Kier molecular flexibility index (Phi) is 7.26. The first-order chi connectivity index (χ1) is 9.50. The summed E-state index contributed by atoms with van der Waals surface area (Å²) in [6, 6.07) is 10.2. The molecule has 4 heteroatoms. The van der Waals surface area contributed by atoms with E-state index in [-0.39, 0.29) is 11.9 Å². The van der Waals surface area contributed by atoms with Crippen LogP contribution in [0.4, 0.5) is 0 Å². The monoisotopic (exact) mass is 278 g/mol. The van der Waals surface area contributed by atoms with Crippen LogP contribution < -0.4 is 5.32 Å². The van der Waals surface area contributed by atoms with Gasteiger partial charge in [0.05, 0.1) is 5.92 Å². The second-order valence-electron chi connectivity index (χ2n) is 5.47. The Morgan fingerprint density at radius 2 is 1.85 bits per heavy atom. The van der Waals surface area contributed by atoms with Crippen LogP contribution in [-0.2, 0) is 16.1 Å². The molecule has 0 saturated heterocycles. The Balaban J connectivity index is 2.22. The number of rotatable bonds is 8. The molecule has 1 N–H and O–H groups in total. The Labute approximate surface area is 122 Å². The van der Waals surface area contributed by atoms with Gasteiger partial charge in [0.25, 0.3) is 0 Å². The highest BCUT2D eigenvalue weighted by atomic mass is 16.5. The maximum atomic E-state index is 11.9. The van der Waals surface area contributed by atoms with Gasteiger partial charge in [0.15, 0.2) is 0 Å². The van der Waals surface area contributed by atoms with E-state index in [1.165, 1.54) is 0 Å². The fraction of sp³-hybridized carbons (Fsp3) is 0.562. The van der Waals surface area contributed by atoms with Crippen LogP contribution >= 0.6 is 0 Å². The maximum absolute atomic E-state index is 11.9. The molecule has 112 valence electrons. The van der Waals surface area contributed by atoms with Gasteiger partial charge in [-0.15, -0.1) is 0 Å². The van der Waals surface area contributed by atoms with E-state index in [1.807, 2.05) is 51.4 Å². The number of likely N-dealkylation sites (N-methyl/N-ethyl adjacent to an activating group) is 1. The van der Waals surface area contributed by atoms with Crippen molar-refractivity contribution >= 4 is 5.97 Å². The van der Waals surface area contributed by atoms with E-state index in [0.717, 1.165) is 12.1 Å². The Bertz CT molecular complexity index is 393. The fourth-order valence-electron chi connectivity index (χ4n) is 1.65. The van der Waals surface area contributed by atoms with Gasteiger partial charge in [0.1, 0.15) is 6.61 Å². The number of esters is 1. The number of carbonyl (C=O) groups is 1. The molecule has 0 aromatic heterocycles. The average molecular weight is 278 g/mol. The molecule has 20 heavy (non-hydrogen) atoms. The van der Waals surface area contributed by atoms with Crippen molar-refractivity contribution in [3.05, 3.63) is 35.9 Å². The summed E-state index contributed by atoms with van der Waals surface area (Å²) in [7, 11) is 4.09. The van der Waals surface area contributed by atoms with Crippen LogP contribution in [0, 0.1) is 5.92 Å². The minimum Gasteiger partial charge on any atom is -0.461 e. The summed E-state index contributed by atoms with van der Waals surface area (Å²) in [5, 5.41) is 3.30. The van der Waals surface area contributed by atoms with Crippen LogP contribution in [-0.4, -0.2) is 44.1 Å². The normalized spacial score (nSPS) is 14.1. The lowest BCUT2D eigenvalue weighted by Crippen LogP contribution is -2.38. The third kappa shape index (κ3) is 6.17. The first-order valence-electron chi connectivity index (χ1n) is 7.08. The quantitative estimate of drug-likeness (QED) is 0.738. The zero-order chi connectivity index (χ0) is 15.0. The summed E-state index contributed by atoms with van der Waals surface area (Å²) in [5.41, 5.74) is 1.02. The first kappa shape index (κ1) is 16.7. The van der Waals surface area contributed by atoms with E-state index >= 15 is 0 Å². The topological polar surface area (TPSA) is 41.6 Å². The average Bonchev–Trinajstić information content (AvgIpc) is 2.45. The molecular formula is C16H26N2O2. The lowest BCUT2D eigenvalue weighted by Gasteiger charge is -2.21. The van der Waals surface area contributed by atoms with Crippen LogP contribution in [0.25, 0.3) is 0 Å². The van der Waals surface area contributed by atoms with Crippen LogP contribution in [0.15, 0.2) is 30.3 Å². The van der Waals surface area contributed by atoms with E-state index in [1.54, 1.807) is 0 Å². The first-order valence-corrected chi connectivity index (χ1v) is 7.08. The highest BCUT2D eigenvalue weighted by Gasteiger charge is 2.14. The molecule has 2 atom stereocenters. The van der Waals surface area contributed by atoms with E-state index < -0.39 is 0 Å². The zero-order valence-electron chi connectivity index (χ0n) is 12.9. The molecule has 0 heterocycles. The summed E-state index contributed by atoms with van der Waals surface area (Å²) >= 11 is 0. The number of carbonyl (C=O) groups excluding carboxylic acids is 1. The molecule has 4 nitrogen and oxygen atoms in total. The molecule has 2 unspecified atom stereocenters. The molecule has 0 fully saturated rings. The SMILES string of the molecule is CC(CNCC(C)N(C)C)C(=O)OCc1ccccc1. The van der Waals surface area contributed by atoms with Crippen molar-refractivity contribution in [2.75, 3.05) is 27.2 Å². The van der Waals surface area contributed by atoms with Gasteiger partial charge in [-0.25, -0.2) is 0 Å². The maximum Gasteiger partial charge on any atom is 0.310 e. The summed E-state index contributed by atoms with van der Waals surface area (Å²) in [4.78, 5) is 14.0. The number of hydrogen-bond acceptors (Lipinski definition) is 4.